The van der Waals surface area contributed by atoms with E-state index in [1.165, 1.54) is 0 Å². The van der Waals surface area contributed by atoms with Gasteiger partial charge in [-0.2, -0.15) is 0 Å². The number of hydrogen-bond donors (Lipinski definition) is 0. The third-order valence-corrected chi connectivity index (χ3v) is 11.2. The van der Waals surface area contributed by atoms with Crippen LogP contribution < -0.4 is 0 Å². The highest BCUT2D eigenvalue weighted by atomic mass is 28.3. The second-order valence-electron chi connectivity index (χ2n) is 8.28. The van der Waals surface area contributed by atoms with Crippen LogP contribution in [0.3, 0.4) is 0 Å². The SMILES string of the molecule is CO[C@@H]1O[C@@H](C)[C@H]2N([Si](C)(C)C(C)(C)C)C(=O)O[C@@]2(C)[C@H]1OC. The molecule has 0 bridgehead atoms. The summed E-state index contributed by atoms with van der Waals surface area (Å²) in [6.07, 6.45) is -1.48. The van der Waals surface area contributed by atoms with E-state index in [0.717, 1.165) is 0 Å². The van der Waals surface area contributed by atoms with Gasteiger partial charge in [0.15, 0.2) is 20.1 Å². The van der Waals surface area contributed by atoms with Gasteiger partial charge in [-0.05, 0) is 18.9 Å². The van der Waals surface area contributed by atoms with E-state index in [1.807, 2.05) is 18.4 Å². The lowest BCUT2D eigenvalue weighted by Crippen LogP contribution is -2.70. The quantitative estimate of drug-likeness (QED) is 0.736. The van der Waals surface area contributed by atoms with Crippen LogP contribution in [0.1, 0.15) is 34.6 Å². The summed E-state index contributed by atoms with van der Waals surface area (Å²) >= 11 is 0. The average molecular weight is 346 g/mol. The molecule has 1 amide bonds. The lowest BCUT2D eigenvalue weighted by atomic mass is 9.84. The van der Waals surface area contributed by atoms with Crippen LogP contribution >= 0.6 is 0 Å². The standard InChI is InChI=1S/C16H31NO5Si/c1-10-11-16(5,12(19-6)13(20-7)21-10)22-14(18)17(11)23(8,9)15(2,3)4/h10-13H,1-9H3/t10-,11+,12-,13+,16+/m0/s1. The van der Waals surface area contributed by atoms with Gasteiger partial charge in [0, 0.05) is 14.2 Å². The van der Waals surface area contributed by atoms with E-state index in [2.05, 4.69) is 33.9 Å². The van der Waals surface area contributed by atoms with Crippen molar-refractivity contribution in [2.24, 2.45) is 0 Å². The number of amides is 1. The van der Waals surface area contributed by atoms with Gasteiger partial charge in [0.25, 0.3) is 0 Å². The normalized spacial score (nSPS) is 38.5. The molecule has 2 aliphatic rings. The van der Waals surface area contributed by atoms with Crippen LogP contribution in [-0.4, -0.2) is 63.3 Å². The molecule has 7 heteroatoms. The van der Waals surface area contributed by atoms with Gasteiger partial charge in [0.2, 0.25) is 0 Å². The molecule has 0 unspecified atom stereocenters. The van der Waals surface area contributed by atoms with Crippen molar-refractivity contribution in [1.82, 2.24) is 4.57 Å². The van der Waals surface area contributed by atoms with E-state index >= 15 is 0 Å². The fraction of sp³-hybridized carbons (Fsp3) is 0.938. The molecule has 2 heterocycles. The molecule has 2 aliphatic heterocycles. The number of ether oxygens (including phenoxy) is 4. The topological polar surface area (TPSA) is 57.2 Å². The van der Waals surface area contributed by atoms with Crippen molar-refractivity contribution in [3.05, 3.63) is 0 Å². The lowest BCUT2D eigenvalue weighted by molar-refractivity contribution is -0.287. The summed E-state index contributed by atoms with van der Waals surface area (Å²) in [5, 5.41) is 0.0116. The molecular formula is C16H31NO5Si. The third-order valence-electron chi connectivity index (χ3n) is 5.90. The minimum Gasteiger partial charge on any atom is -0.438 e. The number of carbonyl (C=O) groups is 1. The smallest absolute Gasteiger partial charge is 0.402 e. The maximum absolute atomic E-state index is 12.8. The molecule has 5 atom stereocenters. The van der Waals surface area contributed by atoms with Crippen molar-refractivity contribution in [3.63, 3.8) is 0 Å². The second kappa shape index (κ2) is 5.72. The van der Waals surface area contributed by atoms with Gasteiger partial charge in [0.05, 0.1) is 12.1 Å². The zero-order valence-corrected chi connectivity index (χ0v) is 16.8. The van der Waals surface area contributed by atoms with E-state index in [4.69, 9.17) is 18.9 Å². The fourth-order valence-electron chi connectivity index (χ4n) is 3.66. The zero-order chi connectivity index (χ0) is 17.8. The van der Waals surface area contributed by atoms with Crippen molar-refractivity contribution >= 4 is 14.3 Å². The van der Waals surface area contributed by atoms with Gasteiger partial charge >= 0.3 is 6.09 Å². The van der Waals surface area contributed by atoms with Crippen LogP contribution in [0.25, 0.3) is 0 Å². The molecule has 0 radical (unpaired) electrons. The number of fused-ring (bicyclic) bond motifs is 1. The molecule has 2 fully saturated rings. The largest absolute Gasteiger partial charge is 0.438 e. The van der Waals surface area contributed by atoms with Gasteiger partial charge in [-0.3, -0.25) is 0 Å². The average Bonchev–Trinajstić information content (AvgIpc) is 2.69. The first-order chi connectivity index (χ1) is 10.4. The molecule has 0 aromatic heterocycles. The van der Waals surface area contributed by atoms with Gasteiger partial charge < -0.3 is 23.5 Å². The Balaban J connectivity index is 2.50. The van der Waals surface area contributed by atoms with E-state index in [-0.39, 0.29) is 23.3 Å². The van der Waals surface area contributed by atoms with E-state index in [9.17, 15) is 4.79 Å². The molecular weight excluding hydrogens is 314 g/mol. The number of hydrogen-bond acceptors (Lipinski definition) is 5. The third kappa shape index (κ3) is 2.61. The Morgan fingerprint density at radius 1 is 1.22 bits per heavy atom. The summed E-state index contributed by atoms with van der Waals surface area (Å²) in [6.45, 7) is 14.9. The summed E-state index contributed by atoms with van der Waals surface area (Å²) in [7, 11) is 1.05. The van der Waals surface area contributed by atoms with Crippen molar-refractivity contribution in [3.8, 4) is 0 Å². The van der Waals surface area contributed by atoms with Crippen molar-refractivity contribution in [1.29, 1.82) is 0 Å². The number of rotatable bonds is 3. The van der Waals surface area contributed by atoms with Crippen molar-refractivity contribution in [2.45, 2.75) is 82.9 Å². The maximum Gasteiger partial charge on any atom is 0.402 e. The lowest BCUT2D eigenvalue weighted by Gasteiger charge is -2.52. The molecule has 2 saturated heterocycles. The number of methoxy groups -OCH3 is 2. The van der Waals surface area contributed by atoms with Crippen LogP contribution in [-0.2, 0) is 18.9 Å². The number of nitrogens with zero attached hydrogens (tertiary/aromatic N) is 1. The van der Waals surface area contributed by atoms with E-state index < -0.39 is 26.2 Å². The van der Waals surface area contributed by atoms with Crippen molar-refractivity contribution in [2.75, 3.05) is 14.2 Å². The molecule has 23 heavy (non-hydrogen) atoms. The van der Waals surface area contributed by atoms with Gasteiger partial charge in [-0.1, -0.05) is 33.9 Å². The first-order valence-electron chi connectivity index (χ1n) is 8.15. The Labute approximate surface area is 140 Å². The highest BCUT2D eigenvalue weighted by Gasteiger charge is 2.67. The maximum atomic E-state index is 12.8. The molecule has 0 aliphatic carbocycles. The minimum atomic E-state index is -2.12. The first kappa shape index (κ1) is 18.7. The van der Waals surface area contributed by atoms with Crippen LogP contribution in [0.4, 0.5) is 4.79 Å². The zero-order valence-electron chi connectivity index (χ0n) is 15.8. The van der Waals surface area contributed by atoms with Crippen molar-refractivity contribution < 1.29 is 23.7 Å². The van der Waals surface area contributed by atoms with E-state index in [0.29, 0.717) is 0 Å². The number of carbonyl (C=O) groups excluding carboxylic acids is 1. The molecule has 0 saturated carbocycles. The Morgan fingerprint density at radius 2 is 1.78 bits per heavy atom. The first-order valence-corrected chi connectivity index (χ1v) is 11.1. The Hall–Kier alpha value is -0.633. The minimum absolute atomic E-state index is 0.0116. The predicted molar refractivity (Wildman–Crippen MR) is 89.9 cm³/mol. The predicted octanol–water partition coefficient (Wildman–Crippen LogP) is 2.98. The van der Waals surface area contributed by atoms with Gasteiger partial charge in [-0.25, -0.2) is 4.79 Å². The Bertz CT molecular complexity index is 478. The summed E-state index contributed by atoms with van der Waals surface area (Å²) in [5.41, 5.74) is -0.792. The van der Waals surface area contributed by atoms with Crippen LogP contribution in [0.15, 0.2) is 0 Å². The summed E-state index contributed by atoms with van der Waals surface area (Å²) in [6, 6.07) is -0.188. The second-order valence-corrected chi connectivity index (χ2v) is 13.4. The van der Waals surface area contributed by atoms with E-state index in [1.54, 1.807) is 14.2 Å². The van der Waals surface area contributed by atoms with Crippen LogP contribution in [0, 0.1) is 0 Å². The molecule has 0 aromatic rings. The van der Waals surface area contributed by atoms with Crippen LogP contribution in [0.2, 0.25) is 18.1 Å². The van der Waals surface area contributed by atoms with Gasteiger partial charge in [0.1, 0.15) is 6.10 Å². The highest BCUT2D eigenvalue weighted by Crippen LogP contribution is 2.49. The molecule has 0 N–H and O–H groups in total. The Morgan fingerprint density at radius 3 is 2.22 bits per heavy atom. The van der Waals surface area contributed by atoms with Gasteiger partial charge in [-0.15, -0.1) is 0 Å². The summed E-state index contributed by atoms with van der Waals surface area (Å²) in [4.78, 5) is 12.8. The fourth-order valence-corrected chi connectivity index (χ4v) is 6.05. The highest BCUT2D eigenvalue weighted by molar-refractivity contribution is 6.79. The molecule has 0 aromatic carbocycles. The molecule has 6 nitrogen and oxygen atoms in total. The summed E-state index contributed by atoms with van der Waals surface area (Å²) in [5.74, 6) is 0. The molecule has 2 rings (SSSR count). The molecule has 0 spiro atoms. The monoisotopic (exact) mass is 345 g/mol. The Kier molecular flexibility index (Phi) is 4.65. The molecule has 134 valence electrons. The summed E-state index contributed by atoms with van der Waals surface area (Å²) < 4.78 is 24.9. The van der Waals surface area contributed by atoms with Crippen LogP contribution in [0.5, 0.6) is 0 Å².